The molecule has 19 heavy (non-hydrogen) atoms. The molecule has 2 rings (SSSR count). The van der Waals surface area contributed by atoms with Crippen LogP contribution in [-0.2, 0) is 0 Å². The fourth-order valence-corrected chi connectivity index (χ4v) is 1.68. The minimum Gasteiger partial charge on any atom is -0.339 e. The lowest BCUT2D eigenvalue weighted by Crippen LogP contribution is -2.12. The molecule has 0 amide bonds. The van der Waals surface area contributed by atoms with Crippen LogP contribution in [0.5, 0.6) is 0 Å². The van der Waals surface area contributed by atoms with Crippen LogP contribution in [-0.4, -0.2) is 10.8 Å². The first kappa shape index (κ1) is 13.0. The minimum absolute atomic E-state index is 0.0367. The van der Waals surface area contributed by atoms with Crippen molar-refractivity contribution >= 4 is 29.0 Å². The first-order valence-electron chi connectivity index (χ1n) is 5.46. The van der Waals surface area contributed by atoms with Crippen molar-refractivity contribution in [3.8, 4) is 0 Å². The summed E-state index contributed by atoms with van der Waals surface area (Å²) in [6.45, 7) is 0. The number of halogens is 1. The highest BCUT2D eigenvalue weighted by Crippen LogP contribution is 2.16. The number of rotatable bonds is 3. The Bertz CT molecular complexity index is 597. The van der Waals surface area contributed by atoms with Gasteiger partial charge in [0.2, 0.25) is 0 Å². The second kappa shape index (κ2) is 5.97. The first-order valence-corrected chi connectivity index (χ1v) is 5.80. The fraction of sp³-hybridized carbons (Fsp3) is 0. The number of amidine groups is 1. The van der Waals surface area contributed by atoms with E-state index in [0.717, 1.165) is 5.56 Å². The molecule has 0 atom stereocenters. The van der Waals surface area contributed by atoms with Gasteiger partial charge >= 0.3 is 0 Å². The number of nitrogens with one attached hydrogen (secondary N) is 1. The van der Waals surface area contributed by atoms with E-state index in [1.807, 2.05) is 30.3 Å². The summed E-state index contributed by atoms with van der Waals surface area (Å²) >= 11 is 5.55. The Labute approximate surface area is 114 Å². The normalized spacial score (nSPS) is 11.1. The number of nitro benzene ring substituents is 1. The van der Waals surface area contributed by atoms with Crippen LogP contribution in [0.3, 0.4) is 0 Å². The SMILES string of the molecule is O=[N+]([O-])c1ccc(N/C(=N\Cl)c2ccccc2)cc1. The molecule has 0 aliphatic heterocycles. The maximum atomic E-state index is 10.6. The molecular weight excluding hydrogens is 266 g/mol. The van der Waals surface area contributed by atoms with Crippen LogP contribution in [0.25, 0.3) is 0 Å². The summed E-state index contributed by atoms with van der Waals surface area (Å²) in [6.07, 6.45) is 0. The van der Waals surface area contributed by atoms with Gasteiger partial charge in [-0.05, 0) is 12.1 Å². The summed E-state index contributed by atoms with van der Waals surface area (Å²) < 4.78 is 3.65. The van der Waals surface area contributed by atoms with Gasteiger partial charge < -0.3 is 5.32 Å². The molecule has 96 valence electrons. The molecule has 2 aromatic rings. The standard InChI is InChI=1S/C13H10ClN3O2/c14-16-13(10-4-2-1-3-5-10)15-11-6-8-12(9-7-11)17(18)19/h1-9H,(H,15,16). The van der Waals surface area contributed by atoms with Crippen molar-refractivity contribution in [3.05, 3.63) is 70.3 Å². The molecule has 0 heterocycles. The van der Waals surface area contributed by atoms with Gasteiger partial charge in [0.25, 0.3) is 5.69 Å². The average molecular weight is 276 g/mol. The zero-order chi connectivity index (χ0) is 13.7. The van der Waals surface area contributed by atoms with Crippen molar-refractivity contribution in [2.45, 2.75) is 0 Å². The van der Waals surface area contributed by atoms with Gasteiger partial charge in [0.15, 0.2) is 5.84 Å². The number of non-ortho nitro benzene ring substituents is 1. The summed E-state index contributed by atoms with van der Waals surface area (Å²) in [7, 11) is 0. The van der Waals surface area contributed by atoms with Gasteiger partial charge in [0.05, 0.1) is 4.92 Å². The molecule has 0 spiro atoms. The van der Waals surface area contributed by atoms with Crippen molar-refractivity contribution < 1.29 is 4.92 Å². The van der Waals surface area contributed by atoms with Crippen LogP contribution in [0.2, 0.25) is 0 Å². The Balaban J connectivity index is 2.18. The largest absolute Gasteiger partial charge is 0.339 e. The van der Waals surface area contributed by atoms with Crippen LogP contribution < -0.4 is 5.32 Å². The molecule has 0 radical (unpaired) electrons. The molecule has 0 fully saturated rings. The predicted molar refractivity (Wildman–Crippen MR) is 75.6 cm³/mol. The van der Waals surface area contributed by atoms with E-state index in [0.29, 0.717) is 11.5 Å². The van der Waals surface area contributed by atoms with Crippen molar-refractivity contribution in [1.82, 2.24) is 0 Å². The molecule has 0 aliphatic rings. The van der Waals surface area contributed by atoms with E-state index < -0.39 is 4.92 Å². The lowest BCUT2D eigenvalue weighted by atomic mass is 10.2. The number of benzene rings is 2. The predicted octanol–water partition coefficient (Wildman–Crippen LogP) is 3.61. The number of nitro groups is 1. The van der Waals surface area contributed by atoms with Crippen molar-refractivity contribution in [1.29, 1.82) is 0 Å². The van der Waals surface area contributed by atoms with E-state index in [4.69, 9.17) is 11.8 Å². The van der Waals surface area contributed by atoms with Crippen molar-refractivity contribution in [2.24, 2.45) is 4.51 Å². The van der Waals surface area contributed by atoms with Gasteiger partial charge in [0.1, 0.15) is 0 Å². The Morgan fingerprint density at radius 1 is 1.11 bits per heavy atom. The maximum absolute atomic E-state index is 10.6. The van der Waals surface area contributed by atoms with E-state index >= 15 is 0 Å². The zero-order valence-corrected chi connectivity index (χ0v) is 10.5. The molecule has 6 heteroatoms. The van der Waals surface area contributed by atoms with E-state index in [1.165, 1.54) is 12.1 Å². The van der Waals surface area contributed by atoms with Gasteiger partial charge in [-0.25, -0.2) is 0 Å². The lowest BCUT2D eigenvalue weighted by Gasteiger charge is -2.08. The Morgan fingerprint density at radius 3 is 2.26 bits per heavy atom. The minimum atomic E-state index is -0.447. The average Bonchev–Trinajstić information content (AvgIpc) is 2.46. The molecule has 2 aromatic carbocycles. The molecule has 0 aliphatic carbocycles. The Kier molecular flexibility index (Phi) is 4.10. The van der Waals surface area contributed by atoms with Gasteiger partial charge in [-0.15, -0.1) is 0 Å². The van der Waals surface area contributed by atoms with Gasteiger partial charge in [0, 0.05) is 35.2 Å². The Morgan fingerprint density at radius 2 is 1.74 bits per heavy atom. The third-order valence-corrected chi connectivity index (χ3v) is 2.64. The molecule has 0 bridgehead atoms. The molecule has 0 aromatic heterocycles. The summed E-state index contributed by atoms with van der Waals surface area (Å²) in [4.78, 5) is 10.1. The first-order chi connectivity index (χ1) is 9.20. The fourth-order valence-electron chi connectivity index (χ4n) is 1.54. The van der Waals surface area contributed by atoms with E-state index in [1.54, 1.807) is 12.1 Å². The molecule has 0 saturated carbocycles. The van der Waals surface area contributed by atoms with E-state index in [9.17, 15) is 10.1 Å². The number of hydrogen-bond donors (Lipinski definition) is 1. The zero-order valence-electron chi connectivity index (χ0n) is 9.79. The maximum Gasteiger partial charge on any atom is 0.269 e. The monoisotopic (exact) mass is 275 g/mol. The summed E-state index contributed by atoms with van der Waals surface area (Å²) in [6, 6.07) is 15.4. The summed E-state index contributed by atoms with van der Waals surface area (Å²) in [5.41, 5.74) is 1.54. The molecule has 0 saturated heterocycles. The van der Waals surface area contributed by atoms with Crippen LogP contribution >= 0.6 is 11.8 Å². The van der Waals surface area contributed by atoms with Crippen LogP contribution in [0.1, 0.15) is 5.56 Å². The molecule has 5 nitrogen and oxygen atoms in total. The van der Waals surface area contributed by atoms with Crippen LogP contribution in [0, 0.1) is 10.1 Å². The number of hydrogen-bond acceptors (Lipinski definition) is 3. The van der Waals surface area contributed by atoms with Gasteiger partial charge in [-0.3, -0.25) is 10.1 Å². The molecule has 1 N–H and O–H groups in total. The third kappa shape index (κ3) is 3.29. The number of nitrogens with zero attached hydrogens (tertiary/aromatic N) is 2. The highest BCUT2D eigenvalue weighted by Gasteiger charge is 2.06. The Hall–Kier alpha value is -2.40. The van der Waals surface area contributed by atoms with Crippen LogP contribution in [0.15, 0.2) is 59.1 Å². The van der Waals surface area contributed by atoms with Gasteiger partial charge in [-0.1, -0.05) is 30.3 Å². The number of anilines is 1. The van der Waals surface area contributed by atoms with Crippen molar-refractivity contribution in [2.75, 3.05) is 5.32 Å². The highest BCUT2D eigenvalue weighted by molar-refractivity contribution is 6.24. The second-order valence-corrected chi connectivity index (χ2v) is 3.90. The summed E-state index contributed by atoms with van der Waals surface area (Å²) in [5, 5.41) is 13.6. The quantitative estimate of drug-likeness (QED) is 0.403. The van der Waals surface area contributed by atoms with E-state index in [2.05, 4.69) is 9.83 Å². The lowest BCUT2D eigenvalue weighted by molar-refractivity contribution is -0.384. The third-order valence-electron chi connectivity index (χ3n) is 2.47. The second-order valence-electron chi connectivity index (χ2n) is 3.73. The van der Waals surface area contributed by atoms with Gasteiger partial charge in [-0.2, -0.15) is 4.51 Å². The van der Waals surface area contributed by atoms with Crippen LogP contribution in [0.4, 0.5) is 11.4 Å². The van der Waals surface area contributed by atoms with E-state index in [-0.39, 0.29) is 5.69 Å². The molecule has 0 unspecified atom stereocenters. The van der Waals surface area contributed by atoms with Crippen molar-refractivity contribution in [3.63, 3.8) is 0 Å². The topological polar surface area (TPSA) is 67.5 Å². The smallest absolute Gasteiger partial charge is 0.269 e. The summed E-state index contributed by atoms with van der Waals surface area (Å²) in [5.74, 6) is 0.483. The highest BCUT2D eigenvalue weighted by atomic mass is 35.5. The molecular formula is C13H10ClN3O2.